The van der Waals surface area contributed by atoms with Crippen molar-refractivity contribution >= 4 is 17.2 Å². The summed E-state index contributed by atoms with van der Waals surface area (Å²) in [6, 6.07) is 4.31. The van der Waals surface area contributed by atoms with Crippen molar-refractivity contribution in [3.8, 4) is 0 Å². The number of amides is 1. The maximum Gasteiger partial charge on any atom is 0.263 e. The number of carbonyl (C=O) groups is 1. The fourth-order valence-corrected chi connectivity index (χ4v) is 4.95. The van der Waals surface area contributed by atoms with Gasteiger partial charge in [-0.1, -0.05) is 6.92 Å². The van der Waals surface area contributed by atoms with Gasteiger partial charge in [0, 0.05) is 29.4 Å². The summed E-state index contributed by atoms with van der Waals surface area (Å²) in [4.78, 5) is 19.2. The molecule has 3 heterocycles. The van der Waals surface area contributed by atoms with Crippen LogP contribution in [0.4, 0.5) is 0 Å². The van der Waals surface area contributed by atoms with Gasteiger partial charge in [0.15, 0.2) is 0 Å². The average molecular weight is 322 g/mol. The maximum absolute atomic E-state index is 12.8. The number of rotatable bonds is 3. The van der Waals surface area contributed by atoms with Crippen molar-refractivity contribution in [1.82, 2.24) is 9.80 Å². The number of aryl methyl sites for hydroxylation is 1. The summed E-state index contributed by atoms with van der Waals surface area (Å²) in [7, 11) is 2.13. The number of hydrogen-bond acceptors (Lipinski definition) is 4. The third-order valence-electron chi connectivity index (χ3n) is 5.52. The number of likely N-dealkylation sites (tertiary alicyclic amines) is 2. The van der Waals surface area contributed by atoms with Crippen molar-refractivity contribution in [3.05, 3.63) is 21.9 Å². The van der Waals surface area contributed by atoms with Gasteiger partial charge in [0.1, 0.15) is 0 Å². The minimum absolute atomic E-state index is 0.00614. The topological polar surface area (TPSA) is 43.8 Å². The van der Waals surface area contributed by atoms with Crippen molar-refractivity contribution in [3.63, 3.8) is 0 Å². The Kier molecular flexibility index (Phi) is 4.57. The van der Waals surface area contributed by atoms with Gasteiger partial charge in [-0.2, -0.15) is 0 Å². The van der Waals surface area contributed by atoms with E-state index in [4.69, 9.17) is 0 Å². The van der Waals surface area contributed by atoms with E-state index in [1.807, 2.05) is 11.0 Å². The van der Waals surface area contributed by atoms with Crippen LogP contribution in [0, 0.1) is 5.41 Å². The zero-order valence-corrected chi connectivity index (χ0v) is 14.4. The quantitative estimate of drug-likeness (QED) is 0.928. The third kappa shape index (κ3) is 2.70. The van der Waals surface area contributed by atoms with Gasteiger partial charge < -0.3 is 14.9 Å². The molecule has 22 heavy (non-hydrogen) atoms. The first kappa shape index (κ1) is 16.0. The molecule has 1 N–H and O–H groups in total. The Bertz CT molecular complexity index is 545. The first-order valence-corrected chi connectivity index (χ1v) is 9.10. The molecule has 2 saturated heterocycles. The molecule has 0 spiro atoms. The Morgan fingerprint density at radius 2 is 2.23 bits per heavy atom. The normalized spacial score (nSPS) is 29.4. The summed E-state index contributed by atoms with van der Waals surface area (Å²) in [6.07, 6.45) is 4.12. The van der Waals surface area contributed by atoms with Crippen LogP contribution in [0.15, 0.2) is 12.1 Å². The molecule has 2 aliphatic heterocycles. The fourth-order valence-electron chi connectivity index (χ4n) is 4.04. The minimum Gasteiger partial charge on any atom is -0.396 e. The molecule has 2 aliphatic rings. The predicted octanol–water partition coefficient (Wildman–Crippen LogP) is 2.23. The average Bonchev–Trinajstić information content (AvgIpc) is 3.03. The number of fused-ring (bicyclic) bond motifs is 1. The molecule has 5 heteroatoms. The van der Waals surface area contributed by atoms with E-state index in [9.17, 15) is 9.90 Å². The van der Waals surface area contributed by atoms with Crippen molar-refractivity contribution in [1.29, 1.82) is 0 Å². The van der Waals surface area contributed by atoms with Crippen molar-refractivity contribution < 1.29 is 9.90 Å². The van der Waals surface area contributed by atoms with Crippen LogP contribution < -0.4 is 0 Å². The molecule has 3 rings (SSSR count). The van der Waals surface area contributed by atoms with E-state index in [1.54, 1.807) is 11.3 Å². The summed E-state index contributed by atoms with van der Waals surface area (Å²) in [6.45, 7) is 4.93. The molecule has 0 unspecified atom stereocenters. The van der Waals surface area contributed by atoms with Crippen LogP contribution in [0.2, 0.25) is 0 Å². The Balaban J connectivity index is 1.76. The lowest BCUT2D eigenvalue weighted by Gasteiger charge is -2.53. The largest absolute Gasteiger partial charge is 0.396 e. The summed E-state index contributed by atoms with van der Waals surface area (Å²) < 4.78 is 0. The highest BCUT2D eigenvalue weighted by Gasteiger charge is 2.47. The molecule has 1 amide bonds. The van der Waals surface area contributed by atoms with Crippen LogP contribution in [0.3, 0.4) is 0 Å². The highest BCUT2D eigenvalue weighted by Crippen LogP contribution is 2.41. The summed E-state index contributed by atoms with van der Waals surface area (Å²) in [5.41, 5.74) is -0.00614. The van der Waals surface area contributed by atoms with E-state index in [-0.39, 0.29) is 24.0 Å². The highest BCUT2D eigenvalue weighted by atomic mass is 32.1. The SMILES string of the molecule is CCc1ccc(C(=O)N2CC[C@@]3(CO)CCCN(C)[C@@H]3C2)s1. The number of aliphatic hydroxyl groups excluding tert-OH is 1. The van der Waals surface area contributed by atoms with E-state index in [0.717, 1.165) is 50.2 Å². The van der Waals surface area contributed by atoms with E-state index in [2.05, 4.69) is 24.9 Å². The summed E-state index contributed by atoms with van der Waals surface area (Å²) in [5.74, 6) is 0.162. The van der Waals surface area contributed by atoms with E-state index < -0.39 is 0 Å². The van der Waals surface area contributed by atoms with Crippen molar-refractivity contribution in [2.24, 2.45) is 5.41 Å². The Hall–Kier alpha value is -0.910. The van der Waals surface area contributed by atoms with Gasteiger partial charge in [0.2, 0.25) is 0 Å². The van der Waals surface area contributed by atoms with Gasteiger partial charge in [-0.15, -0.1) is 11.3 Å². The van der Waals surface area contributed by atoms with Crippen molar-refractivity contribution in [2.45, 2.75) is 38.6 Å². The van der Waals surface area contributed by atoms with Crippen LogP contribution >= 0.6 is 11.3 Å². The number of hydrogen-bond donors (Lipinski definition) is 1. The second-order valence-corrected chi connectivity index (χ2v) is 7.91. The molecule has 0 bridgehead atoms. The fraction of sp³-hybridized carbons (Fsp3) is 0.706. The second-order valence-electron chi connectivity index (χ2n) is 6.74. The number of piperidine rings is 2. The zero-order valence-electron chi connectivity index (χ0n) is 13.5. The molecule has 1 aromatic rings. The number of aliphatic hydroxyl groups is 1. The molecule has 1 aromatic heterocycles. The molecule has 0 aliphatic carbocycles. The lowest BCUT2D eigenvalue weighted by molar-refractivity contribution is -0.0600. The zero-order chi connectivity index (χ0) is 15.7. The van der Waals surface area contributed by atoms with Gasteiger partial charge in [0.25, 0.3) is 5.91 Å². The van der Waals surface area contributed by atoms with Crippen LogP contribution in [0.25, 0.3) is 0 Å². The molecular formula is C17H26N2O2S. The van der Waals surface area contributed by atoms with Gasteiger partial charge in [-0.05, 0) is 51.4 Å². The van der Waals surface area contributed by atoms with Crippen LogP contribution in [-0.2, 0) is 6.42 Å². The Labute approximate surface area is 136 Å². The molecule has 4 nitrogen and oxygen atoms in total. The lowest BCUT2D eigenvalue weighted by Crippen LogP contribution is -2.62. The van der Waals surface area contributed by atoms with Gasteiger partial charge in [-0.25, -0.2) is 0 Å². The lowest BCUT2D eigenvalue weighted by atomic mass is 9.69. The second kappa shape index (κ2) is 6.30. The molecule has 2 fully saturated rings. The first-order valence-electron chi connectivity index (χ1n) is 8.29. The standard InChI is InChI=1S/C17H26N2O2S/c1-3-13-5-6-14(22-13)16(21)19-10-8-17(12-20)7-4-9-18(2)15(17)11-19/h5-6,15,20H,3-4,7-12H2,1-2H3/t15-,17-/m1/s1. The van der Waals surface area contributed by atoms with Crippen molar-refractivity contribution in [2.75, 3.05) is 33.3 Å². The molecule has 0 radical (unpaired) electrons. The third-order valence-corrected chi connectivity index (χ3v) is 6.74. The molecule has 2 atom stereocenters. The van der Waals surface area contributed by atoms with E-state index >= 15 is 0 Å². The van der Waals surface area contributed by atoms with Crippen LogP contribution in [-0.4, -0.2) is 60.1 Å². The van der Waals surface area contributed by atoms with E-state index in [0.29, 0.717) is 0 Å². The maximum atomic E-state index is 12.8. The first-order chi connectivity index (χ1) is 10.6. The number of likely N-dealkylation sites (N-methyl/N-ethyl adjacent to an activating group) is 1. The molecule has 0 aromatic carbocycles. The Morgan fingerprint density at radius 3 is 2.91 bits per heavy atom. The predicted molar refractivity (Wildman–Crippen MR) is 89.4 cm³/mol. The van der Waals surface area contributed by atoms with Crippen LogP contribution in [0.1, 0.15) is 40.7 Å². The number of nitrogens with zero attached hydrogens (tertiary/aromatic N) is 2. The summed E-state index contributed by atoms with van der Waals surface area (Å²) >= 11 is 1.62. The Morgan fingerprint density at radius 1 is 1.41 bits per heavy atom. The van der Waals surface area contributed by atoms with Crippen LogP contribution in [0.5, 0.6) is 0 Å². The monoisotopic (exact) mass is 322 g/mol. The molecule has 0 saturated carbocycles. The summed E-state index contributed by atoms with van der Waals surface area (Å²) in [5, 5.41) is 9.94. The highest BCUT2D eigenvalue weighted by molar-refractivity contribution is 7.14. The van der Waals surface area contributed by atoms with Gasteiger partial charge in [-0.3, -0.25) is 4.79 Å². The molecular weight excluding hydrogens is 296 g/mol. The smallest absolute Gasteiger partial charge is 0.263 e. The number of carbonyl (C=O) groups excluding carboxylic acids is 1. The van der Waals surface area contributed by atoms with E-state index in [1.165, 1.54) is 4.88 Å². The van der Waals surface area contributed by atoms with Gasteiger partial charge >= 0.3 is 0 Å². The number of thiophene rings is 1. The molecule has 122 valence electrons. The van der Waals surface area contributed by atoms with Gasteiger partial charge in [0.05, 0.1) is 11.5 Å². The minimum atomic E-state index is -0.00614.